The van der Waals surface area contributed by atoms with Gasteiger partial charge in [0.25, 0.3) is 5.91 Å². The number of sulfonamides is 1. The average Bonchev–Trinajstić information content (AvgIpc) is 2.49. The van der Waals surface area contributed by atoms with Crippen LogP contribution in [0, 0.1) is 3.57 Å². The molecule has 8 heteroatoms. The summed E-state index contributed by atoms with van der Waals surface area (Å²) < 4.78 is 26.8. The van der Waals surface area contributed by atoms with Crippen molar-refractivity contribution in [2.24, 2.45) is 0 Å². The maximum Gasteiger partial charge on any atom is 0.257 e. The van der Waals surface area contributed by atoms with E-state index in [1.54, 1.807) is 12.1 Å². The number of rotatable bonds is 4. The molecule has 2 aromatic rings. The van der Waals surface area contributed by atoms with Gasteiger partial charge in [0, 0.05) is 9.26 Å². The lowest BCUT2D eigenvalue weighted by Crippen LogP contribution is -2.20. The van der Waals surface area contributed by atoms with Crippen LogP contribution in [0.4, 0.5) is 5.69 Å². The molecule has 0 atom stereocenters. The summed E-state index contributed by atoms with van der Waals surface area (Å²) in [5, 5.41) is 2.86. The van der Waals surface area contributed by atoms with Crippen molar-refractivity contribution < 1.29 is 13.2 Å². The first kappa shape index (κ1) is 17.2. The Morgan fingerprint density at radius 1 is 1.14 bits per heavy atom. The molecule has 0 aromatic heterocycles. The number of halogens is 2. The molecule has 2 N–H and O–H groups in total. The number of hydrogen-bond donors (Lipinski definition) is 2. The zero-order valence-corrected chi connectivity index (χ0v) is 15.2. The normalized spacial score (nSPS) is 11.2. The number of carbonyl (C=O) groups is 1. The van der Waals surface area contributed by atoms with Crippen LogP contribution in [0.1, 0.15) is 10.4 Å². The highest BCUT2D eigenvalue weighted by Crippen LogP contribution is 2.22. The number of carbonyl (C=O) groups excluding carboxylic acids is 1. The molecule has 0 fully saturated rings. The molecule has 0 aliphatic heterocycles. The molecule has 0 radical (unpaired) electrons. The van der Waals surface area contributed by atoms with Gasteiger partial charge in [-0.2, -0.15) is 0 Å². The fraction of sp³-hybridized carbons (Fsp3) is 0.0714. The van der Waals surface area contributed by atoms with Gasteiger partial charge in [-0.15, -0.1) is 0 Å². The predicted octanol–water partition coefficient (Wildman–Crippen LogP) is 3.11. The first-order chi connectivity index (χ1) is 10.3. The maximum absolute atomic E-state index is 12.3. The lowest BCUT2D eigenvalue weighted by atomic mass is 10.2. The van der Waals surface area contributed by atoms with Crippen LogP contribution in [0.15, 0.2) is 47.4 Å². The summed E-state index contributed by atoms with van der Waals surface area (Å²) in [6.45, 7) is 0. The molecule has 0 spiro atoms. The van der Waals surface area contributed by atoms with Crippen molar-refractivity contribution in [2.45, 2.75) is 4.90 Å². The second kappa shape index (κ2) is 6.95. The fourth-order valence-corrected chi connectivity index (χ4v) is 3.01. The summed E-state index contributed by atoms with van der Waals surface area (Å²) in [7, 11) is -2.34. The number of hydrogen-bond acceptors (Lipinski definition) is 3. The summed E-state index contributed by atoms with van der Waals surface area (Å²) in [6, 6.07) is 11.2. The maximum atomic E-state index is 12.3. The minimum atomic E-state index is -3.64. The SMILES string of the molecule is CNS(=O)(=O)c1ccc(Cl)c(C(=O)Nc2ccc(I)cc2)c1. The highest BCUT2D eigenvalue weighted by atomic mass is 127. The molecule has 2 rings (SSSR count). The number of benzene rings is 2. The van der Waals surface area contributed by atoms with Crippen molar-refractivity contribution >= 4 is 55.8 Å². The Morgan fingerprint density at radius 3 is 2.36 bits per heavy atom. The third-order valence-electron chi connectivity index (χ3n) is 2.86. The molecule has 116 valence electrons. The van der Waals surface area contributed by atoms with Crippen molar-refractivity contribution in [3.05, 3.63) is 56.6 Å². The highest BCUT2D eigenvalue weighted by molar-refractivity contribution is 14.1. The Kier molecular flexibility index (Phi) is 5.43. The molecule has 0 saturated carbocycles. The van der Waals surface area contributed by atoms with Crippen molar-refractivity contribution in [3.8, 4) is 0 Å². The fourth-order valence-electron chi connectivity index (χ4n) is 1.70. The van der Waals surface area contributed by atoms with Crippen LogP contribution in [0.3, 0.4) is 0 Å². The lowest BCUT2D eigenvalue weighted by molar-refractivity contribution is 0.102. The van der Waals surface area contributed by atoms with Gasteiger partial charge in [0.05, 0.1) is 15.5 Å². The Balaban J connectivity index is 2.33. The first-order valence-electron chi connectivity index (χ1n) is 6.13. The Morgan fingerprint density at radius 2 is 1.77 bits per heavy atom. The van der Waals surface area contributed by atoms with E-state index in [9.17, 15) is 13.2 Å². The van der Waals surface area contributed by atoms with Crippen molar-refractivity contribution in [1.29, 1.82) is 0 Å². The molecule has 0 unspecified atom stereocenters. The minimum Gasteiger partial charge on any atom is -0.322 e. The quantitative estimate of drug-likeness (QED) is 0.703. The van der Waals surface area contributed by atoms with E-state index in [0.29, 0.717) is 5.69 Å². The molecule has 5 nitrogen and oxygen atoms in total. The average molecular weight is 451 g/mol. The van der Waals surface area contributed by atoms with Crippen LogP contribution in [-0.2, 0) is 10.0 Å². The van der Waals surface area contributed by atoms with Gasteiger partial charge < -0.3 is 5.32 Å². The van der Waals surface area contributed by atoms with E-state index >= 15 is 0 Å². The molecule has 1 amide bonds. The Hall–Kier alpha value is -1.16. The van der Waals surface area contributed by atoms with Gasteiger partial charge in [0.1, 0.15) is 0 Å². The number of nitrogens with one attached hydrogen (secondary N) is 2. The predicted molar refractivity (Wildman–Crippen MR) is 94.8 cm³/mol. The van der Waals surface area contributed by atoms with Gasteiger partial charge in [0.2, 0.25) is 10.0 Å². The van der Waals surface area contributed by atoms with E-state index in [4.69, 9.17) is 11.6 Å². The second-order valence-corrected chi connectivity index (χ2v) is 7.85. The van der Waals surface area contributed by atoms with Crippen LogP contribution in [0.2, 0.25) is 5.02 Å². The molecule has 0 saturated heterocycles. The summed E-state index contributed by atoms with van der Waals surface area (Å²) in [6.07, 6.45) is 0. The zero-order valence-electron chi connectivity index (χ0n) is 11.4. The highest BCUT2D eigenvalue weighted by Gasteiger charge is 2.17. The Bertz CT molecular complexity index is 807. The molecule has 0 bridgehead atoms. The molecule has 0 heterocycles. The summed E-state index contributed by atoms with van der Waals surface area (Å²) in [5.41, 5.74) is 0.694. The molecule has 22 heavy (non-hydrogen) atoms. The van der Waals surface area contributed by atoms with E-state index in [-0.39, 0.29) is 15.5 Å². The monoisotopic (exact) mass is 450 g/mol. The molecule has 2 aromatic carbocycles. The number of anilines is 1. The molecule has 0 aliphatic carbocycles. The standard InChI is InChI=1S/C14H12ClIN2O3S/c1-17-22(20,21)11-6-7-13(15)12(8-11)14(19)18-10-4-2-9(16)3-5-10/h2-8,17H,1H3,(H,18,19). The molecular weight excluding hydrogens is 439 g/mol. The van der Waals surface area contributed by atoms with Crippen molar-refractivity contribution in [1.82, 2.24) is 4.72 Å². The van der Waals surface area contributed by atoms with E-state index in [1.807, 2.05) is 12.1 Å². The van der Waals surface area contributed by atoms with Gasteiger partial charge in [0.15, 0.2) is 0 Å². The van der Waals surface area contributed by atoms with Crippen LogP contribution < -0.4 is 10.0 Å². The Labute approximate surface area is 147 Å². The third-order valence-corrected chi connectivity index (χ3v) is 5.32. The van der Waals surface area contributed by atoms with E-state index in [0.717, 1.165) is 3.57 Å². The molecular formula is C14H12ClIN2O3S. The first-order valence-corrected chi connectivity index (χ1v) is 9.07. The molecule has 0 aliphatic rings. The number of amides is 1. The van der Waals surface area contributed by atoms with Gasteiger partial charge in [-0.25, -0.2) is 13.1 Å². The van der Waals surface area contributed by atoms with Gasteiger partial charge >= 0.3 is 0 Å². The summed E-state index contributed by atoms with van der Waals surface area (Å²) in [5.74, 6) is -0.473. The van der Waals surface area contributed by atoms with Crippen LogP contribution in [0.5, 0.6) is 0 Å². The minimum absolute atomic E-state index is 0.0211. The zero-order chi connectivity index (χ0) is 16.3. The van der Waals surface area contributed by atoms with Crippen molar-refractivity contribution in [2.75, 3.05) is 12.4 Å². The third kappa shape index (κ3) is 3.97. The lowest BCUT2D eigenvalue weighted by Gasteiger charge is -2.09. The van der Waals surface area contributed by atoms with E-state index < -0.39 is 15.9 Å². The topological polar surface area (TPSA) is 75.3 Å². The van der Waals surface area contributed by atoms with E-state index in [2.05, 4.69) is 32.6 Å². The van der Waals surface area contributed by atoms with Gasteiger partial charge in [-0.1, -0.05) is 11.6 Å². The van der Waals surface area contributed by atoms with Crippen LogP contribution in [-0.4, -0.2) is 21.4 Å². The second-order valence-electron chi connectivity index (χ2n) is 4.31. The largest absolute Gasteiger partial charge is 0.322 e. The smallest absolute Gasteiger partial charge is 0.257 e. The van der Waals surface area contributed by atoms with E-state index in [1.165, 1.54) is 25.2 Å². The van der Waals surface area contributed by atoms with Gasteiger partial charge in [-0.3, -0.25) is 4.79 Å². The van der Waals surface area contributed by atoms with Crippen molar-refractivity contribution in [3.63, 3.8) is 0 Å². The summed E-state index contributed by atoms with van der Waals surface area (Å²) >= 11 is 8.16. The van der Waals surface area contributed by atoms with Crippen LogP contribution >= 0.6 is 34.2 Å². The van der Waals surface area contributed by atoms with Gasteiger partial charge in [-0.05, 0) is 72.1 Å². The van der Waals surface area contributed by atoms with Crippen LogP contribution in [0.25, 0.3) is 0 Å². The summed E-state index contributed by atoms with van der Waals surface area (Å²) in [4.78, 5) is 12.3.